The lowest BCUT2D eigenvalue weighted by Crippen LogP contribution is -2.18. The number of nitrogens with one attached hydrogen (secondary N) is 2. The molecule has 2 N–H and O–H groups in total. The maximum Gasteiger partial charge on any atom is 0.123 e. The third kappa shape index (κ3) is 2.73. The van der Waals surface area contributed by atoms with Crippen LogP contribution in [-0.2, 0) is 6.54 Å². The maximum atomic E-state index is 13.2. The number of benzene rings is 2. The Bertz CT molecular complexity index is 718. The standard InChI is InChI=1S/C17H17FN2/c1-12(15-3-2-4-16(18)10-15)20-11-13-5-6-14-7-8-19-17(14)9-13/h2-10,12,19-20H,11H2,1H3/t12-/m1/s1. The molecule has 0 aliphatic heterocycles. The number of aromatic nitrogens is 1. The number of halogens is 1. The Balaban J connectivity index is 1.69. The summed E-state index contributed by atoms with van der Waals surface area (Å²) in [7, 11) is 0. The van der Waals surface area contributed by atoms with Crippen LogP contribution >= 0.6 is 0 Å². The van der Waals surface area contributed by atoms with Crippen molar-refractivity contribution in [1.29, 1.82) is 0 Å². The third-order valence-electron chi connectivity index (χ3n) is 3.58. The van der Waals surface area contributed by atoms with Gasteiger partial charge in [0.25, 0.3) is 0 Å². The Morgan fingerprint density at radius 3 is 2.90 bits per heavy atom. The van der Waals surface area contributed by atoms with E-state index >= 15 is 0 Å². The first-order chi connectivity index (χ1) is 9.72. The van der Waals surface area contributed by atoms with Gasteiger partial charge in [0.2, 0.25) is 0 Å². The largest absolute Gasteiger partial charge is 0.361 e. The van der Waals surface area contributed by atoms with Crippen LogP contribution < -0.4 is 5.32 Å². The average molecular weight is 268 g/mol. The number of hydrogen-bond acceptors (Lipinski definition) is 1. The van der Waals surface area contributed by atoms with Gasteiger partial charge in [-0.1, -0.05) is 24.3 Å². The van der Waals surface area contributed by atoms with Crippen LogP contribution in [0.1, 0.15) is 24.1 Å². The van der Waals surface area contributed by atoms with Gasteiger partial charge >= 0.3 is 0 Å². The zero-order chi connectivity index (χ0) is 13.9. The first kappa shape index (κ1) is 12.9. The minimum atomic E-state index is -0.191. The van der Waals surface area contributed by atoms with E-state index in [0.717, 1.165) is 17.6 Å². The molecule has 0 bridgehead atoms. The van der Waals surface area contributed by atoms with Crippen LogP contribution in [0, 0.1) is 5.82 Å². The summed E-state index contributed by atoms with van der Waals surface area (Å²) in [6.45, 7) is 2.80. The molecule has 20 heavy (non-hydrogen) atoms. The molecule has 0 aliphatic rings. The van der Waals surface area contributed by atoms with Gasteiger partial charge in [-0.15, -0.1) is 0 Å². The Morgan fingerprint density at radius 2 is 2.05 bits per heavy atom. The Hall–Kier alpha value is -2.13. The number of H-pyrrole nitrogens is 1. The number of rotatable bonds is 4. The van der Waals surface area contributed by atoms with E-state index in [-0.39, 0.29) is 11.9 Å². The predicted molar refractivity (Wildman–Crippen MR) is 80.0 cm³/mol. The molecule has 1 heterocycles. The van der Waals surface area contributed by atoms with E-state index in [1.54, 1.807) is 12.1 Å². The van der Waals surface area contributed by atoms with Crippen molar-refractivity contribution in [1.82, 2.24) is 10.3 Å². The molecule has 2 nitrogen and oxygen atoms in total. The van der Waals surface area contributed by atoms with Crippen molar-refractivity contribution in [3.63, 3.8) is 0 Å². The molecule has 3 rings (SSSR count). The van der Waals surface area contributed by atoms with Gasteiger partial charge in [0, 0.05) is 24.3 Å². The van der Waals surface area contributed by atoms with E-state index in [4.69, 9.17) is 0 Å². The normalized spacial score (nSPS) is 12.7. The second kappa shape index (κ2) is 5.47. The highest BCUT2D eigenvalue weighted by Crippen LogP contribution is 2.17. The highest BCUT2D eigenvalue weighted by molar-refractivity contribution is 5.79. The lowest BCUT2D eigenvalue weighted by molar-refractivity contribution is 0.565. The zero-order valence-corrected chi connectivity index (χ0v) is 11.4. The number of aromatic amines is 1. The van der Waals surface area contributed by atoms with Gasteiger partial charge < -0.3 is 10.3 Å². The minimum Gasteiger partial charge on any atom is -0.361 e. The van der Waals surface area contributed by atoms with Gasteiger partial charge in [0.1, 0.15) is 5.82 Å². The van der Waals surface area contributed by atoms with Crippen molar-refractivity contribution in [3.05, 3.63) is 71.7 Å². The van der Waals surface area contributed by atoms with Crippen LogP contribution in [0.25, 0.3) is 10.9 Å². The van der Waals surface area contributed by atoms with Gasteiger partial charge in [0.15, 0.2) is 0 Å². The van der Waals surface area contributed by atoms with Crippen LogP contribution in [0.2, 0.25) is 0 Å². The first-order valence-electron chi connectivity index (χ1n) is 6.77. The second-order valence-electron chi connectivity index (χ2n) is 5.06. The van der Waals surface area contributed by atoms with E-state index in [0.29, 0.717) is 0 Å². The van der Waals surface area contributed by atoms with Gasteiger partial charge in [-0.2, -0.15) is 0 Å². The van der Waals surface area contributed by atoms with E-state index in [1.165, 1.54) is 17.0 Å². The van der Waals surface area contributed by atoms with Crippen molar-refractivity contribution in [2.45, 2.75) is 19.5 Å². The number of hydrogen-bond donors (Lipinski definition) is 2. The van der Waals surface area contributed by atoms with Crippen LogP contribution in [0.3, 0.4) is 0 Å². The summed E-state index contributed by atoms with van der Waals surface area (Å²) in [5.41, 5.74) is 3.32. The fraction of sp³-hybridized carbons (Fsp3) is 0.176. The Morgan fingerprint density at radius 1 is 1.15 bits per heavy atom. The summed E-state index contributed by atoms with van der Waals surface area (Å²) in [4.78, 5) is 3.21. The summed E-state index contributed by atoms with van der Waals surface area (Å²) in [6.07, 6.45) is 1.94. The Labute approximate surface area is 117 Å². The summed E-state index contributed by atoms with van der Waals surface area (Å²) in [5.74, 6) is -0.191. The Kier molecular flexibility index (Phi) is 3.52. The van der Waals surface area contributed by atoms with Crippen molar-refractivity contribution in [2.24, 2.45) is 0 Å². The highest BCUT2D eigenvalue weighted by atomic mass is 19.1. The van der Waals surface area contributed by atoms with Crippen molar-refractivity contribution >= 4 is 10.9 Å². The maximum absolute atomic E-state index is 13.2. The molecular weight excluding hydrogens is 251 g/mol. The number of fused-ring (bicyclic) bond motifs is 1. The summed E-state index contributed by atoms with van der Waals surface area (Å²) < 4.78 is 13.2. The molecule has 0 saturated heterocycles. The van der Waals surface area contributed by atoms with E-state index < -0.39 is 0 Å². The molecule has 0 fully saturated rings. The van der Waals surface area contributed by atoms with Gasteiger partial charge in [-0.05, 0) is 47.7 Å². The summed E-state index contributed by atoms with van der Waals surface area (Å²) in [5, 5.41) is 4.63. The average Bonchev–Trinajstić information content (AvgIpc) is 2.92. The third-order valence-corrected chi connectivity index (χ3v) is 3.58. The van der Waals surface area contributed by atoms with Crippen LogP contribution in [-0.4, -0.2) is 4.98 Å². The minimum absolute atomic E-state index is 0.116. The fourth-order valence-electron chi connectivity index (χ4n) is 2.37. The summed E-state index contributed by atoms with van der Waals surface area (Å²) >= 11 is 0. The van der Waals surface area contributed by atoms with E-state index in [2.05, 4.69) is 34.6 Å². The molecule has 1 aromatic heterocycles. The molecule has 0 amide bonds. The molecule has 3 heteroatoms. The molecule has 0 aliphatic carbocycles. The molecule has 0 saturated carbocycles. The van der Waals surface area contributed by atoms with Crippen molar-refractivity contribution in [2.75, 3.05) is 0 Å². The van der Waals surface area contributed by atoms with Crippen LogP contribution in [0.15, 0.2) is 54.7 Å². The van der Waals surface area contributed by atoms with Gasteiger partial charge in [-0.25, -0.2) is 4.39 Å². The first-order valence-corrected chi connectivity index (χ1v) is 6.77. The second-order valence-corrected chi connectivity index (χ2v) is 5.06. The highest BCUT2D eigenvalue weighted by Gasteiger charge is 2.06. The monoisotopic (exact) mass is 268 g/mol. The quantitative estimate of drug-likeness (QED) is 0.730. The van der Waals surface area contributed by atoms with E-state index in [1.807, 2.05) is 19.2 Å². The fourth-order valence-corrected chi connectivity index (χ4v) is 2.37. The molecule has 1 atom stereocenters. The van der Waals surface area contributed by atoms with Crippen molar-refractivity contribution in [3.8, 4) is 0 Å². The van der Waals surface area contributed by atoms with Gasteiger partial charge in [-0.3, -0.25) is 0 Å². The van der Waals surface area contributed by atoms with Crippen LogP contribution in [0.5, 0.6) is 0 Å². The molecular formula is C17H17FN2. The molecule has 0 radical (unpaired) electrons. The zero-order valence-electron chi connectivity index (χ0n) is 11.4. The molecule has 3 aromatic rings. The smallest absolute Gasteiger partial charge is 0.123 e. The van der Waals surface area contributed by atoms with Crippen molar-refractivity contribution < 1.29 is 4.39 Å². The van der Waals surface area contributed by atoms with E-state index in [9.17, 15) is 4.39 Å². The molecule has 102 valence electrons. The molecule has 0 spiro atoms. The lowest BCUT2D eigenvalue weighted by atomic mass is 10.1. The molecule has 2 aromatic carbocycles. The summed E-state index contributed by atoms with van der Waals surface area (Å²) in [6, 6.07) is 15.3. The van der Waals surface area contributed by atoms with Crippen LogP contribution in [0.4, 0.5) is 4.39 Å². The predicted octanol–water partition coefficient (Wildman–Crippen LogP) is 4.16. The van der Waals surface area contributed by atoms with Gasteiger partial charge in [0.05, 0.1) is 0 Å². The SMILES string of the molecule is C[C@@H](NCc1ccc2cc[nH]c2c1)c1cccc(F)c1. The topological polar surface area (TPSA) is 27.8 Å². The lowest BCUT2D eigenvalue weighted by Gasteiger charge is -2.14. The molecule has 0 unspecified atom stereocenters.